The first-order valence-corrected chi connectivity index (χ1v) is 17.7. The number of H-pyrrole nitrogens is 2. The molecule has 6 rings (SSSR count). The molecule has 3 aromatic rings. The van der Waals surface area contributed by atoms with E-state index in [0.717, 1.165) is 80.0 Å². The highest BCUT2D eigenvalue weighted by Crippen LogP contribution is 2.41. The normalized spacial score (nSPS) is 23.3. The highest BCUT2D eigenvalue weighted by Gasteiger charge is 2.36. The number of carbonyl (C=O) groups is 4. The van der Waals surface area contributed by atoms with Gasteiger partial charge in [-0.15, -0.1) is 0 Å². The van der Waals surface area contributed by atoms with Crippen molar-refractivity contribution in [3.63, 3.8) is 0 Å². The van der Waals surface area contributed by atoms with Crippen molar-refractivity contribution in [2.24, 2.45) is 0 Å². The summed E-state index contributed by atoms with van der Waals surface area (Å²) in [6, 6.07) is 7.03. The van der Waals surface area contributed by atoms with Crippen LogP contribution in [0.5, 0.6) is 0 Å². The van der Waals surface area contributed by atoms with Crippen molar-refractivity contribution in [1.82, 2.24) is 40.4 Å². The Morgan fingerprint density at radius 3 is 1.76 bits per heavy atom. The van der Waals surface area contributed by atoms with E-state index in [1.807, 2.05) is 17.3 Å². The summed E-state index contributed by atoms with van der Waals surface area (Å²) in [7, 11) is 2.56. The predicted octanol–water partition coefficient (Wildman–Crippen LogP) is 5.06. The summed E-state index contributed by atoms with van der Waals surface area (Å²) in [5.74, 6) is 2.14. The first-order chi connectivity index (χ1) is 24.2. The molecule has 0 spiro atoms. The molecule has 50 heavy (non-hydrogen) atoms. The van der Waals surface area contributed by atoms with Crippen molar-refractivity contribution in [2.45, 2.75) is 101 Å². The molecule has 14 heteroatoms. The maximum absolute atomic E-state index is 13.1. The molecule has 268 valence electrons. The van der Waals surface area contributed by atoms with E-state index in [9.17, 15) is 19.2 Å². The fraction of sp³-hybridized carbons (Fsp3) is 0.556. The third-order valence-corrected chi connectivity index (χ3v) is 10.6. The van der Waals surface area contributed by atoms with Crippen molar-refractivity contribution in [3.05, 3.63) is 59.6 Å². The first kappa shape index (κ1) is 35.0. The largest absolute Gasteiger partial charge is 0.453 e. The number of hydrogen-bond acceptors (Lipinski definition) is 8. The van der Waals surface area contributed by atoms with Gasteiger partial charge in [0.2, 0.25) is 11.8 Å². The SMILES string of the molecule is COC(=O)N[C@@H](C)C(=O)N1CCC[C@H]1c1ncc(-c2ccc(C3CCC(c4cnc([C@@H]5CCCN5C(=O)[C@H](C)NC(=O)OC)[nH]4)CC3)cc2)[nH]1. The van der Waals surface area contributed by atoms with Crippen molar-refractivity contribution in [2.75, 3.05) is 27.3 Å². The van der Waals surface area contributed by atoms with Gasteiger partial charge in [0.05, 0.1) is 38.2 Å². The van der Waals surface area contributed by atoms with E-state index in [2.05, 4.69) is 59.3 Å². The van der Waals surface area contributed by atoms with Crippen LogP contribution in [0, 0.1) is 0 Å². The number of benzene rings is 1. The molecule has 0 radical (unpaired) electrons. The van der Waals surface area contributed by atoms with Crippen LogP contribution in [0.3, 0.4) is 0 Å². The number of aromatic nitrogens is 4. The van der Waals surface area contributed by atoms with Crippen molar-refractivity contribution < 1.29 is 28.7 Å². The highest BCUT2D eigenvalue weighted by molar-refractivity contribution is 5.86. The molecule has 0 unspecified atom stereocenters. The minimum atomic E-state index is -0.690. The van der Waals surface area contributed by atoms with Gasteiger partial charge < -0.3 is 39.9 Å². The average Bonchev–Trinajstić information content (AvgIpc) is 3.97. The Labute approximate surface area is 292 Å². The topological polar surface area (TPSA) is 175 Å². The van der Waals surface area contributed by atoms with Gasteiger partial charge in [-0.3, -0.25) is 9.59 Å². The molecule has 4 amide bonds. The van der Waals surface area contributed by atoms with Crippen LogP contribution in [-0.4, -0.2) is 93.1 Å². The number of nitrogens with one attached hydrogen (secondary N) is 4. The number of amides is 4. The van der Waals surface area contributed by atoms with E-state index < -0.39 is 24.3 Å². The Bertz CT molecular complexity index is 1660. The van der Waals surface area contributed by atoms with E-state index >= 15 is 0 Å². The molecule has 2 aromatic heterocycles. The van der Waals surface area contributed by atoms with Gasteiger partial charge in [0.15, 0.2) is 0 Å². The molecule has 1 aromatic carbocycles. The molecule has 1 aliphatic carbocycles. The lowest BCUT2D eigenvalue weighted by atomic mass is 9.77. The van der Waals surface area contributed by atoms with Crippen molar-refractivity contribution >= 4 is 24.0 Å². The summed E-state index contributed by atoms with van der Waals surface area (Å²) in [6.07, 6.45) is 10.2. The molecule has 14 nitrogen and oxygen atoms in total. The number of carbonyl (C=O) groups excluding carboxylic acids is 4. The molecular weight excluding hydrogens is 640 g/mol. The Hall–Kier alpha value is -4.88. The number of likely N-dealkylation sites (tertiary alicyclic amines) is 2. The molecular formula is C36H48N8O6. The van der Waals surface area contributed by atoms with Gasteiger partial charge in [0, 0.05) is 30.9 Å². The highest BCUT2D eigenvalue weighted by atomic mass is 16.5. The summed E-state index contributed by atoms with van der Waals surface area (Å²) in [5.41, 5.74) is 4.40. The van der Waals surface area contributed by atoms with E-state index in [4.69, 9.17) is 4.98 Å². The molecule has 2 aliphatic heterocycles. The smallest absolute Gasteiger partial charge is 0.407 e. The number of imidazole rings is 2. The zero-order valence-electron chi connectivity index (χ0n) is 29.2. The third-order valence-electron chi connectivity index (χ3n) is 10.6. The second kappa shape index (κ2) is 15.3. The van der Waals surface area contributed by atoms with Crippen LogP contribution in [0.1, 0.15) is 112 Å². The van der Waals surface area contributed by atoms with Gasteiger partial charge in [0.1, 0.15) is 23.7 Å². The third kappa shape index (κ3) is 7.48. The van der Waals surface area contributed by atoms with E-state index in [0.29, 0.717) is 24.9 Å². The average molecular weight is 689 g/mol. The van der Waals surface area contributed by atoms with Crippen LogP contribution in [0.2, 0.25) is 0 Å². The lowest BCUT2D eigenvalue weighted by Gasteiger charge is -2.28. The standard InChI is InChI=1S/C36H48N8O6/c1-21(39-35(47)49-3)33(45)43-17-5-7-29(43)31-37-19-27(41-31)25-13-9-23(10-14-25)24-11-15-26(16-12-24)28-20-38-32(42-28)30-8-6-18-44(30)34(46)22(2)40-36(48)50-4/h9-10,13-14,19-22,24,26,29-30H,5-8,11-12,15-18H2,1-4H3,(H,37,41)(H,38,42)(H,39,47)(H,40,48)/t21-,22-,24?,26?,29-,30-/m0/s1. The second-order valence-corrected chi connectivity index (χ2v) is 13.7. The molecule has 3 aliphatic rings. The fourth-order valence-corrected chi connectivity index (χ4v) is 7.78. The molecule has 3 fully saturated rings. The Morgan fingerprint density at radius 1 is 0.720 bits per heavy atom. The van der Waals surface area contributed by atoms with Crippen LogP contribution in [-0.2, 0) is 19.1 Å². The Balaban J connectivity index is 1.03. The number of rotatable bonds is 9. The number of methoxy groups -OCH3 is 2. The lowest BCUT2D eigenvalue weighted by Crippen LogP contribution is -2.46. The van der Waals surface area contributed by atoms with Crippen LogP contribution < -0.4 is 10.6 Å². The monoisotopic (exact) mass is 688 g/mol. The van der Waals surface area contributed by atoms with Crippen molar-refractivity contribution in [1.29, 1.82) is 0 Å². The molecule has 1 saturated carbocycles. The Kier molecular flexibility index (Phi) is 10.7. The first-order valence-electron chi connectivity index (χ1n) is 17.7. The van der Waals surface area contributed by atoms with Crippen LogP contribution >= 0.6 is 0 Å². The summed E-state index contributed by atoms with van der Waals surface area (Å²) in [5, 5.41) is 5.14. The minimum Gasteiger partial charge on any atom is -0.453 e. The number of hydrogen-bond donors (Lipinski definition) is 4. The van der Waals surface area contributed by atoms with Gasteiger partial charge >= 0.3 is 12.2 Å². The summed E-state index contributed by atoms with van der Waals surface area (Å²) < 4.78 is 9.30. The molecule has 2 saturated heterocycles. The predicted molar refractivity (Wildman–Crippen MR) is 184 cm³/mol. The molecule has 0 bridgehead atoms. The van der Waals surface area contributed by atoms with Gasteiger partial charge in [-0.1, -0.05) is 24.3 Å². The number of nitrogens with zero attached hydrogens (tertiary/aromatic N) is 4. The second-order valence-electron chi connectivity index (χ2n) is 13.7. The van der Waals surface area contributed by atoms with Gasteiger partial charge in [0.25, 0.3) is 0 Å². The number of aromatic amines is 2. The zero-order chi connectivity index (χ0) is 35.4. The summed E-state index contributed by atoms with van der Waals surface area (Å²) >= 11 is 0. The van der Waals surface area contributed by atoms with Gasteiger partial charge in [-0.25, -0.2) is 19.6 Å². The van der Waals surface area contributed by atoms with Crippen LogP contribution in [0.4, 0.5) is 9.59 Å². The zero-order valence-corrected chi connectivity index (χ0v) is 29.2. The molecule has 4 atom stereocenters. The maximum Gasteiger partial charge on any atom is 0.407 e. The Morgan fingerprint density at radius 2 is 1.22 bits per heavy atom. The number of ether oxygens (including phenoxy) is 2. The summed E-state index contributed by atoms with van der Waals surface area (Å²) in [4.78, 5) is 69.4. The minimum absolute atomic E-state index is 0.127. The molecule has 4 heterocycles. The lowest BCUT2D eigenvalue weighted by molar-refractivity contribution is -0.134. The molecule has 4 N–H and O–H groups in total. The summed E-state index contributed by atoms with van der Waals surface area (Å²) in [6.45, 7) is 4.58. The fourth-order valence-electron chi connectivity index (χ4n) is 7.78. The maximum atomic E-state index is 13.1. The van der Waals surface area contributed by atoms with Crippen LogP contribution in [0.15, 0.2) is 36.7 Å². The van der Waals surface area contributed by atoms with Crippen LogP contribution in [0.25, 0.3) is 11.3 Å². The van der Waals surface area contributed by atoms with Gasteiger partial charge in [-0.2, -0.15) is 0 Å². The van der Waals surface area contributed by atoms with E-state index in [1.54, 1.807) is 18.7 Å². The van der Waals surface area contributed by atoms with E-state index in [1.165, 1.54) is 19.8 Å². The van der Waals surface area contributed by atoms with E-state index in [-0.39, 0.29) is 23.9 Å². The van der Waals surface area contributed by atoms with Gasteiger partial charge in [-0.05, 0) is 82.3 Å². The van der Waals surface area contributed by atoms with Crippen molar-refractivity contribution in [3.8, 4) is 11.3 Å². The quantitative estimate of drug-likeness (QED) is 0.241. The number of alkyl carbamates (subject to hydrolysis) is 2.